The maximum Gasteiger partial charge on any atom is 0.151 e. The Labute approximate surface area is 184 Å². The molecule has 2 aromatic rings. The van der Waals surface area contributed by atoms with Crippen LogP contribution in [0.3, 0.4) is 0 Å². The summed E-state index contributed by atoms with van der Waals surface area (Å²) in [6.07, 6.45) is 0. The molecule has 0 radical (unpaired) electrons. The molecule has 0 aliphatic heterocycles. The third-order valence-corrected chi connectivity index (χ3v) is 5.27. The van der Waals surface area contributed by atoms with Crippen LogP contribution in [0.15, 0.2) is 36.4 Å². The summed E-state index contributed by atoms with van der Waals surface area (Å²) < 4.78 is 0. The number of thioether (sulfide) groups is 2. The lowest BCUT2D eigenvalue weighted by Gasteiger charge is -2.18. The number of benzene rings is 2. The van der Waals surface area contributed by atoms with E-state index < -0.39 is 0 Å². The first-order chi connectivity index (χ1) is 11.4. The molecule has 2 aromatic carbocycles. The van der Waals surface area contributed by atoms with Crippen LogP contribution in [0.2, 0.25) is 0 Å². The smallest absolute Gasteiger partial charge is 0.151 e. The lowest BCUT2D eigenvalue weighted by Crippen LogP contribution is -2.06. The minimum atomic E-state index is 0. The molecule has 0 bridgehead atoms. The Balaban J connectivity index is 0.00000312. The molecular weight excluding hydrogens is 496 g/mol. The van der Waals surface area contributed by atoms with Crippen molar-refractivity contribution in [1.29, 1.82) is 10.8 Å². The van der Waals surface area contributed by atoms with Gasteiger partial charge in [0.2, 0.25) is 0 Å². The number of amidine groups is 2. The number of hydrogen-bond acceptors (Lipinski definition) is 4. The SMILES string of the molecule is Br.Br.Cc1cccc(CSC(=N)N)c1-c1c(C)cccc1CSC(=N)N. The van der Waals surface area contributed by atoms with E-state index in [1.54, 1.807) is 0 Å². The maximum absolute atomic E-state index is 7.47. The molecule has 6 N–H and O–H groups in total. The molecule has 26 heavy (non-hydrogen) atoms. The van der Waals surface area contributed by atoms with E-state index in [2.05, 4.69) is 38.1 Å². The second-order valence-corrected chi connectivity index (χ2v) is 7.56. The summed E-state index contributed by atoms with van der Waals surface area (Å²) in [6, 6.07) is 12.5. The van der Waals surface area contributed by atoms with E-state index in [1.165, 1.54) is 56.9 Å². The Hall–Kier alpha value is -0.960. The topological polar surface area (TPSA) is 99.7 Å². The minimum absolute atomic E-state index is 0. The van der Waals surface area contributed by atoms with E-state index in [9.17, 15) is 0 Å². The van der Waals surface area contributed by atoms with Gasteiger partial charge < -0.3 is 11.5 Å². The van der Waals surface area contributed by atoms with Gasteiger partial charge in [0.25, 0.3) is 0 Å². The zero-order valence-electron chi connectivity index (χ0n) is 14.7. The summed E-state index contributed by atoms with van der Waals surface area (Å²) in [6.45, 7) is 4.21. The van der Waals surface area contributed by atoms with Gasteiger partial charge in [0, 0.05) is 11.5 Å². The summed E-state index contributed by atoms with van der Waals surface area (Å²) >= 11 is 2.67. The van der Waals surface area contributed by atoms with Crippen molar-refractivity contribution in [1.82, 2.24) is 0 Å². The van der Waals surface area contributed by atoms with Crippen LogP contribution in [0.5, 0.6) is 0 Å². The van der Waals surface area contributed by atoms with Crippen molar-refractivity contribution in [3.63, 3.8) is 0 Å². The molecule has 2 rings (SSSR count). The van der Waals surface area contributed by atoms with E-state index in [-0.39, 0.29) is 44.3 Å². The van der Waals surface area contributed by atoms with Gasteiger partial charge in [0.05, 0.1) is 0 Å². The molecule has 0 fully saturated rings. The predicted molar refractivity (Wildman–Crippen MR) is 128 cm³/mol. The predicted octanol–water partition coefficient (Wildman–Crippen LogP) is 5.38. The van der Waals surface area contributed by atoms with Gasteiger partial charge in [-0.05, 0) is 47.2 Å². The molecule has 0 atom stereocenters. The van der Waals surface area contributed by atoms with Crippen molar-refractivity contribution in [2.24, 2.45) is 11.5 Å². The quantitative estimate of drug-likeness (QED) is 0.314. The monoisotopic (exact) mass is 518 g/mol. The first kappa shape index (κ1) is 25.0. The van der Waals surface area contributed by atoms with Gasteiger partial charge in [-0.1, -0.05) is 59.9 Å². The van der Waals surface area contributed by atoms with Gasteiger partial charge in [-0.3, -0.25) is 10.8 Å². The van der Waals surface area contributed by atoms with Crippen molar-refractivity contribution in [3.8, 4) is 11.1 Å². The van der Waals surface area contributed by atoms with Crippen LogP contribution in [0, 0.1) is 24.7 Å². The largest absolute Gasteiger partial charge is 0.379 e. The highest BCUT2D eigenvalue weighted by Gasteiger charge is 2.15. The van der Waals surface area contributed by atoms with Crippen LogP contribution in [-0.4, -0.2) is 10.3 Å². The Bertz CT molecular complexity index is 716. The molecule has 8 heteroatoms. The number of nitrogens with one attached hydrogen (secondary N) is 2. The molecule has 142 valence electrons. The van der Waals surface area contributed by atoms with Crippen LogP contribution in [-0.2, 0) is 11.5 Å². The number of nitrogens with two attached hydrogens (primary N) is 2. The number of halogens is 2. The van der Waals surface area contributed by atoms with E-state index in [0.29, 0.717) is 11.5 Å². The summed E-state index contributed by atoms with van der Waals surface area (Å²) in [5.41, 5.74) is 18.1. The highest BCUT2D eigenvalue weighted by Crippen LogP contribution is 2.36. The van der Waals surface area contributed by atoms with Gasteiger partial charge in [0.1, 0.15) is 0 Å². The second-order valence-electron chi connectivity index (χ2n) is 5.52. The lowest BCUT2D eigenvalue weighted by molar-refractivity contribution is 1.29. The number of rotatable bonds is 5. The van der Waals surface area contributed by atoms with Gasteiger partial charge >= 0.3 is 0 Å². The van der Waals surface area contributed by atoms with E-state index in [4.69, 9.17) is 22.3 Å². The first-order valence-electron chi connectivity index (χ1n) is 7.51. The average Bonchev–Trinajstić information content (AvgIpc) is 2.51. The van der Waals surface area contributed by atoms with Crippen LogP contribution in [0.4, 0.5) is 0 Å². The van der Waals surface area contributed by atoms with Crippen molar-refractivity contribution in [3.05, 3.63) is 58.7 Å². The fourth-order valence-corrected chi connectivity index (χ4v) is 3.83. The average molecular weight is 520 g/mol. The van der Waals surface area contributed by atoms with Crippen LogP contribution in [0.1, 0.15) is 22.3 Å². The Kier molecular flexibility index (Phi) is 11.3. The Morgan fingerprint density at radius 3 is 1.42 bits per heavy atom. The number of aryl methyl sites for hydroxylation is 2. The molecule has 0 spiro atoms. The first-order valence-corrected chi connectivity index (χ1v) is 9.48. The van der Waals surface area contributed by atoms with Crippen molar-refractivity contribution >= 4 is 67.8 Å². The van der Waals surface area contributed by atoms with E-state index in [1.807, 2.05) is 12.1 Å². The molecule has 0 aliphatic rings. The molecule has 0 unspecified atom stereocenters. The van der Waals surface area contributed by atoms with Crippen LogP contribution >= 0.6 is 57.5 Å². The third kappa shape index (κ3) is 6.64. The summed E-state index contributed by atoms with van der Waals surface area (Å²) in [7, 11) is 0. The normalized spacial score (nSPS) is 9.77. The van der Waals surface area contributed by atoms with Gasteiger partial charge in [0.15, 0.2) is 10.3 Å². The molecule has 0 heterocycles. The second kappa shape index (κ2) is 11.7. The summed E-state index contributed by atoms with van der Waals surface area (Å²) in [4.78, 5) is 0. The van der Waals surface area contributed by atoms with Crippen LogP contribution in [0.25, 0.3) is 11.1 Å². The van der Waals surface area contributed by atoms with Crippen molar-refractivity contribution in [2.75, 3.05) is 0 Å². The number of hydrogen-bond donors (Lipinski definition) is 4. The van der Waals surface area contributed by atoms with E-state index >= 15 is 0 Å². The van der Waals surface area contributed by atoms with Gasteiger partial charge in [-0.15, -0.1) is 34.0 Å². The zero-order chi connectivity index (χ0) is 17.7. The van der Waals surface area contributed by atoms with E-state index in [0.717, 1.165) is 0 Å². The van der Waals surface area contributed by atoms with Gasteiger partial charge in [-0.25, -0.2) is 0 Å². The molecule has 0 saturated heterocycles. The molecule has 0 amide bonds. The molecule has 0 aromatic heterocycles. The maximum atomic E-state index is 7.47. The molecule has 0 saturated carbocycles. The molecular formula is C18H24Br2N4S2. The summed E-state index contributed by atoms with van der Waals surface area (Å²) in [5.74, 6) is 1.33. The highest BCUT2D eigenvalue weighted by molar-refractivity contribution is 8.93. The zero-order valence-corrected chi connectivity index (χ0v) is 19.7. The standard InChI is InChI=1S/C18H22N4S2.2BrH/c1-11-5-3-7-13(9-23-17(19)20)15(11)16-12(2)6-4-8-14(16)10-24-18(21)22;;/h3-8H,9-10H2,1-2H3,(H3,19,20)(H3,21,22);2*1H. The fraction of sp³-hybridized carbons (Fsp3) is 0.222. The van der Waals surface area contributed by atoms with Crippen LogP contribution < -0.4 is 11.5 Å². The highest BCUT2D eigenvalue weighted by atomic mass is 79.9. The Morgan fingerprint density at radius 2 is 1.12 bits per heavy atom. The van der Waals surface area contributed by atoms with Crippen molar-refractivity contribution < 1.29 is 0 Å². The lowest BCUT2D eigenvalue weighted by atomic mass is 9.89. The summed E-state index contributed by atoms with van der Waals surface area (Å²) in [5, 5.41) is 15.2. The fourth-order valence-electron chi connectivity index (χ4n) is 2.72. The van der Waals surface area contributed by atoms with Gasteiger partial charge in [-0.2, -0.15) is 0 Å². The third-order valence-electron chi connectivity index (χ3n) is 3.73. The molecule has 4 nitrogen and oxygen atoms in total. The Morgan fingerprint density at radius 1 is 0.769 bits per heavy atom. The minimum Gasteiger partial charge on any atom is -0.379 e. The van der Waals surface area contributed by atoms with Crippen molar-refractivity contribution in [2.45, 2.75) is 25.4 Å². The molecule has 0 aliphatic carbocycles.